The van der Waals surface area contributed by atoms with Gasteiger partial charge in [-0.3, -0.25) is 0 Å². The topological polar surface area (TPSA) is 99.8 Å². The summed E-state index contributed by atoms with van der Waals surface area (Å²) in [5, 5.41) is 6.54. The van der Waals surface area contributed by atoms with Crippen molar-refractivity contribution in [2.24, 2.45) is 0 Å². The van der Waals surface area contributed by atoms with Crippen LogP contribution in [0.1, 0.15) is 11.3 Å². The Labute approximate surface area is 173 Å². The molecule has 0 aliphatic heterocycles. The third-order valence-corrected chi connectivity index (χ3v) is 5.26. The zero-order valence-electron chi connectivity index (χ0n) is 16.4. The second kappa shape index (κ2) is 7.75. The molecular weight excluding hydrogens is 405 g/mol. The van der Waals surface area contributed by atoms with Crippen molar-refractivity contribution in [3.05, 3.63) is 71.8 Å². The Bertz CT molecular complexity index is 1330. The summed E-state index contributed by atoms with van der Waals surface area (Å²) in [5.41, 5.74) is 3.24. The predicted octanol–water partition coefficient (Wildman–Crippen LogP) is 4.44. The maximum atomic E-state index is 14.8. The highest BCUT2D eigenvalue weighted by Gasteiger charge is 2.11. The van der Waals surface area contributed by atoms with Crippen LogP contribution in [-0.2, 0) is 15.6 Å². The van der Waals surface area contributed by atoms with Gasteiger partial charge >= 0.3 is 0 Å². The molecule has 2 heterocycles. The number of aryl methyl sites for hydroxylation is 1. The molecule has 0 amide bonds. The number of benzene rings is 2. The number of anilines is 4. The third kappa shape index (κ3) is 4.57. The SMILES string of the molecule is Cc1cc2c(F)c(Nc3ccnc(Nc4cccc(CS(C)(=O)=O)c4)n3)ccc2[nH]1. The largest absolute Gasteiger partial charge is 0.359 e. The molecule has 3 N–H and O–H groups in total. The molecule has 0 radical (unpaired) electrons. The van der Waals surface area contributed by atoms with Gasteiger partial charge in [-0.1, -0.05) is 12.1 Å². The first-order valence-corrected chi connectivity index (χ1v) is 11.2. The van der Waals surface area contributed by atoms with Crippen LogP contribution in [0.3, 0.4) is 0 Å². The zero-order chi connectivity index (χ0) is 21.3. The Hall–Kier alpha value is -3.46. The average molecular weight is 425 g/mol. The summed E-state index contributed by atoms with van der Waals surface area (Å²) in [7, 11) is -3.13. The summed E-state index contributed by atoms with van der Waals surface area (Å²) in [5.74, 6) is 0.310. The van der Waals surface area contributed by atoms with Crippen LogP contribution in [0.25, 0.3) is 10.9 Å². The van der Waals surface area contributed by atoms with Crippen molar-refractivity contribution in [1.82, 2.24) is 15.0 Å². The minimum atomic E-state index is -3.13. The Morgan fingerprint density at radius 2 is 1.93 bits per heavy atom. The normalized spacial score (nSPS) is 11.6. The van der Waals surface area contributed by atoms with Gasteiger partial charge in [-0.05, 0) is 48.9 Å². The molecule has 0 unspecified atom stereocenters. The van der Waals surface area contributed by atoms with Crippen molar-refractivity contribution in [2.45, 2.75) is 12.7 Å². The molecule has 0 aliphatic rings. The summed E-state index contributed by atoms with van der Waals surface area (Å²) >= 11 is 0. The molecule has 2 aromatic carbocycles. The molecule has 0 spiro atoms. The molecule has 4 rings (SSSR count). The van der Waals surface area contributed by atoms with Gasteiger partial charge in [-0.2, -0.15) is 4.98 Å². The molecule has 154 valence electrons. The van der Waals surface area contributed by atoms with Crippen molar-refractivity contribution in [1.29, 1.82) is 0 Å². The van der Waals surface area contributed by atoms with Crippen LogP contribution < -0.4 is 10.6 Å². The number of H-pyrrole nitrogens is 1. The van der Waals surface area contributed by atoms with Gasteiger partial charge in [0, 0.05) is 34.7 Å². The molecule has 0 saturated carbocycles. The molecule has 9 heteroatoms. The quantitative estimate of drug-likeness (QED) is 0.422. The minimum absolute atomic E-state index is 0.0502. The van der Waals surface area contributed by atoms with E-state index in [0.717, 1.165) is 11.2 Å². The molecule has 0 fully saturated rings. The van der Waals surface area contributed by atoms with Crippen LogP contribution >= 0.6 is 0 Å². The van der Waals surface area contributed by atoms with Crippen molar-refractivity contribution in [2.75, 3.05) is 16.9 Å². The van der Waals surface area contributed by atoms with E-state index in [9.17, 15) is 12.8 Å². The number of hydrogen-bond acceptors (Lipinski definition) is 6. The van der Waals surface area contributed by atoms with Crippen LogP contribution in [0, 0.1) is 12.7 Å². The highest BCUT2D eigenvalue weighted by Crippen LogP contribution is 2.27. The standard InChI is InChI=1S/C21H20FN5O2S/c1-13-10-16-17(24-13)6-7-18(20(16)22)26-19-8-9-23-21(27-19)25-15-5-3-4-14(11-15)12-30(2,28)29/h3-11,24H,12H2,1-2H3,(H2,23,25,26,27). The Morgan fingerprint density at radius 3 is 2.73 bits per heavy atom. The monoisotopic (exact) mass is 425 g/mol. The third-order valence-electron chi connectivity index (χ3n) is 4.40. The number of aromatic nitrogens is 3. The van der Waals surface area contributed by atoms with E-state index in [2.05, 4.69) is 25.6 Å². The summed E-state index contributed by atoms with van der Waals surface area (Å²) in [6, 6.07) is 13.9. The molecule has 0 aliphatic carbocycles. The maximum absolute atomic E-state index is 14.8. The van der Waals surface area contributed by atoms with Gasteiger partial charge in [0.2, 0.25) is 5.95 Å². The summed E-state index contributed by atoms with van der Waals surface area (Å²) in [6.07, 6.45) is 2.74. The van der Waals surface area contributed by atoms with Gasteiger partial charge in [-0.15, -0.1) is 0 Å². The molecule has 0 atom stereocenters. The molecule has 4 aromatic rings. The lowest BCUT2D eigenvalue weighted by atomic mass is 10.2. The van der Waals surface area contributed by atoms with Crippen LogP contribution in [0.2, 0.25) is 0 Å². The highest BCUT2D eigenvalue weighted by molar-refractivity contribution is 7.89. The molecule has 0 bridgehead atoms. The van der Waals surface area contributed by atoms with Gasteiger partial charge in [0.25, 0.3) is 0 Å². The van der Waals surface area contributed by atoms with Crippen molar-refractivity contribution in [3.63, 3.8) is 0 Å². The van der Waals surface area contributed by atoms with Crippen LogP contribution in [0.5, 0.6) is 0 Å². The van der Waals surface area contributed by atoms with Gasteiger partial charge in [-0.25, -0.2) is 17.8 Å². The van der Waals surface area contributed by atoms with E-state index < -0.39 is 9.84 Å². The van der Waals surface area contributed by atoms with Gasteiger partial charge < -0.3 is 15.6 Å². The number of halogens is 1. The van der Waals surface area contributed by atoms with E-state index in [1.807, 2.05) is 6.92 Å². The second-order valence-electron chi connectivity index (χ2n) is 7.13. The number of sulfone groups is 1. The summed E-state index contributed by atoms with van der Waals surface area (Å²) < 4.78 is 37.8. The fourth-order valence-electron chi connectivity index (χ4n) is 3.20. The summed E-state index contributed by atoms with van der Waals surface area (Å²) in [4.78, 5) is 11.6. The van der Waals surface area contributed by atoms with Crippen molar-refractivity contribution in [3.8, 4) is 0 Å². The number of rotatable bonds is 6. The molecule has 30 heavy (non-hydrogen) atoms. The van der Waals surface area contributed by atoms with Gasteiger partial charge in [0.05, 0.1) is 11.4 Å². The molecule has 7 nitrogen and oxygen atoms in total. The van der Waals surface area contributed by atoms with E-state index in [1.54, 1.807) is 54.7 Å². The molecule has 0 saturated heterocycles. The Morgan fingerprint density at radius 1 is 1.10 bits per heavy atom. The fraction of sp³-hybridized carbons (Fsp3) is 0.143. The smallest absolute Gasteiger partial charge is 0.229 e. The van der Waals surface area contributed by atoms with Gasteiger partial charge in [0.1, 0.15) is 5.82 Å². The number of nitrogens with zero attached hydrogens (tertiary/aromatic N) is 2. The predicted molar refractivity (Wildman–Crippen MR) is 117 cm³/mol. The van der Waals surface area contributed by atoms with Crippen LogP contribution in [0.15, 0.2) is 54.7 Å². The number of hydrogen-bond donors (Lipinski definition) is 3. The number of aromatic amines is 1. The first-order chi connectivity index (χ1) is 14.3. The first-order valence-electron chi connectivity index (χ1n) is 9.18. The van der Waals surface area contributed by atoms with Crippen LogP contribution in [-0.4, -0.2) is 29.6 Å². The van der Waals surface area contributed by atoms with Crippen LogP contribution in [0.4, 0.5) is 27.5 Å². The molecule has 2 aromatic heterocycles. The van der Waals surface area contributed by atoms with E-state index in [-0.39, 0.29) is 11.6 Å². The Kier molecular flexibility index (Phi) is 5.13. The van der Waals surface area contributed by atoms with E-state index in [0.29, 0.717) is 34.1 Å². The van der Waals surface area contributed by atoms with E-state index in [1.165, 1.54) is 6.26 Å². The zero-order valence-corrected chi connectivity index (χ0v) is 17.2. The second-order valence-corrected chi connectivity index (χ2v) is 9.27. The lowest BCUT2D eigenvalue weighted by Crippen LogP contribution is -2.03. The van der Waals surface area contributed by atoms with Crippen molar-refractivity contribution >= 4 is 43.9 Å². The lowest BCUT2D eigenvalue weighted by Gasteiger charge is -2.10. The van der Waals surface area contributed by atoms with E-state index in [4.69, 9.17) is 0 Å². The lowest BCUT2D eigenvalue weighted by molar-refractivity contribution is 0.601. The first kappa shape index (κ1) is 19.8. The van der Waals surface area contributed by atoms with Crippen molar-refractivity contribution < 1.29 is 12.8 Å². The minimum Gasteiger partial charge on any atom is -0.359 e. The molecular formula is C21H20FN5O2S. The average Bonchev–Trinajstić information content (AvgIpc) is 3.05. The number of fused-ring (bicyclic) bond motifs is 1. The Balaban J connectivity index is 1.55. The fourth-order valence-corrected chi connectivity index (χ4v) is 3.99. The number of nitrogens with one attached hydrogen (secondary N) is 3. The summed E-state index contributed by atoms with van der Waals surface area (Å²) in [6.45, 7) is 1.87. The van der Waals surface area contributed by atoms with Gasteiger partial charge in [0.15, 0.2) is 15.7 Å². The van der Waals surface area contributed by atoms with E-state index >= 15 is 0 Å². The highest BCUT2D eigenvalue weighted by atomic mass is 32.2. The maximum Gasteiger partial charge on any atom is 0.229 e.